The molecule has 0 fully saturated rings. The van der Waals surface area contributed by atoms with Crippen LogP contribution in [0.3, 0.4) is 0 Å². The molecular weight excluding hydrogens is 340 g/mol. The molecule has 7 nitrogen and oxygen atoms in total. The molecule has 0 spiro atoms. The Morgan fingerprint density at radius 1 is 1.32 bits per heavy atom. The number of carbonyl (C=O) groups is 2. The summed E-state index contributed by atoms with van der Waals surface area (Å²) in [5.74, 6) is 5.74. The van der Waals surface area contributed by atoms with Crippen LogP contribution in [0.25, 0.3) is 11.3 Å². The number of esters is 1. The van der Waals surface area contributed by atoms with Crippen LogP contribution in [0.2, 0.25) is 0 Å². The number of nitrogens with one attached hydrogen (secondary N) is 1. The van der Waals surface area contributed by atoms with E-state index in [4.69, 9.17) is 10.6 Å². The van der Waals surface area contributed by atoms with Crippen molar-refractivity contribution >= 4 is 23.6 Å². The molecule has 2 rings (SSSR count). The van der Waals surface area contributed by atoms with Crippen LogP contribution >= 0.6 is 11.8 Å². The van der Waals surface area contributed by atoms with Crippen LogP contribution in [0.15, 0.2) is 41.7 Å². The van der Waals surface area contributed by atoms with Crippen LogP contribution < -0.4 is 11.2 Å². The molecule has 134 valence electrons. The molecule has 0 aliphatic heterocycles. The normalized spacial score (nSPS) is 10.4. The van der Waals surface area contributed by atoms with Crippen molar-refractivity contribution in [3.8, 4) is 11.3 Å². The number of ether oxygens (including phenoxy) is 1. The standard InChI is InChI=1S/C17H22N4O3S/c1-2-24-16(23)9-6-10-19-15(22)12-25-17-20-14(11-21(17)18)13-7-4-3-5-8-13/h3-5,7-8,11H,2,6,9-10,12,18H2,1H3,(H,19,22). The molecule has 0 saturated heterocycles. The SMILES string of the molecule is CCOC(=O)CCCNC(=O)CSc1nc(-c2ccccc2)cn1N. The number of carbonyl (C=O) groups excluding carboxylic acids is 2. The Morgan fingerprint density at radius 2 is 2.08 bits per heavy atom. The molecule has 3 N–H and O–H groups in total. The summed E-state index contributed by atoms with van der Waals surface area (Å²) in [5, 5.41) is 3.33. The van der Waals surface area contributed by atoms with Gasteiger partial charge in [-0.15, -0.1) is 0 Å². The Kier molecular flexibility index (Phi) is 7.34. The molecule has 1 aromatic carbocycles. The third-order valence-corrected chi connectivity index (χ3v) is 4.25. The van der Waals surface area contributed by atoms with Crippen LogP contribution in [0.4, 0.5) is 0 Å². The Labute approximate surface area is 150 Å². The highest BCUT2D eigenvalue weighted by atomic mass is 32.2. The van der Waals surface area contributed by atoms with Gasteiger partial charge in [0.05, 0.1) is 24.3 Å². The first-order valence-electron chi connectivity index (χ1n) is 8.05. The summed E-state index contributed by atoms with van der Waals surface area (Å²) in [5.41, 5.74) is 1.73. The van der Waals surface area contributed by atoms with Crippen molar-refractivity contribution in [2.24, 2.45) is 0 Å². The van der Waals surface area contributed by atoms with Gasteiger partial charge in [0.1, 0.15) is 0 Å². The number of rotatable bonds is 9. The van der Waals surface area contributed by atoms with Crippen molar-refractivity contribution in [2.75, 3.05) is 24.7 Å². The third-order valence-electron chi connectivity index (χ3n) is 3.29. The zero-order valence-electron chi connectivity index (χ0n) is 14.1. The average Bonchev–Trinajstić information content (AvgIpc) is 2.99. The van der Waals surface area contributed by atoms with E-state index in [-0.39, 0.29) is 17.6 Å². The van der Waals surface area contributed by atoms with Crippen molar-refractivity contribution in [3.05, 3.63) is 36.5 Å². The summed E-state index contributed by atoms with van der Waals surface area (Å²) in [6.07, 6.45) is 2.59. The van der Waals surface area contributed by atoms with E-state index >= 15 is 0 Å². The van der Waals surface area contributed by atoms with E-state index < -0.39 is 0 Å². The number of hydrogen-bond donors (Lipinski definition) is 2. The van der Waals surface area contributed by atoms with Gasteiger partial charge >= 0.3 is 5.97 Å². The second kappa shape index (κ2) is 9.73. The van der Waals surface area contributed by atoms with Gasteiger partial charge in [0, 0.05) is 18.5 Å². The third kappa shape index (κ3) is 6.15. The number of amides is 1. The number of nitrogens with two attached hydrogens (primary N) is 1. The van der Waals surface area contributed by atoms with Crippen LogP contribution in [0.1, 0.15) is 19.8 Å². The number of nitrogens with zero attached hydrogens (tertiary/aromatic N) is 2. The minimum absolute atomic E-state index is 0.127. The summed E-state index contributed by atoms with van der Waals surface area (Å²) in [7, 11) is 0. The van der Waals surface area contributed by atoms with Crippen molar-refractivity contribution < 1.29 is 14.3 Å². The summed E-state index contributed by atoms with van der Waals surface area (Å²) in [4.78, 5) is 27.5. The highest BCUT2D eigenvalue weighted by molar-refractivity contribution is 7.99. The van der Waals surface area contributed by atoms with Gasteiger partial charge in [0.2, 0.25) is 5.91 Å². The molecule has 8 heteroatoms. The van der Waals surface area contributed by atoms with Crippen LogP contribution in [0, 0.1) is 0 Å². The van der Waals surface area contributed by atoms with Gasteiger partial charge < -0.3 is 15.9 Å². The molecule has 0 saturated carbocycles. The molecule has 0 atom stereocenters. The maximum atomic E-state index is 11.8. The van der Waals surface area contributed by atoms with E-state index in [0.717, 1.165) is 11.3 Å². The van der Waals surface area contributed by atoms with E-state index in [1.807, 2.05) is 30.3 Å². The minimum Gasteiger partial charge on any atom is -0.466 e. The smallest absolute Gasteiger partial charge is 0.305 e. The van der Waals surface area contributed by atoms with Gasteiger partial charge in [-0.2, -0.15) is 0 Å². The molecule has 0 aliphatic carbocycles. The van der Waals surface area contributed by atoms with Crippen LogP contribution in [-0.4, -0.2) is 40.4 Å². The number of nitrogen functional groups attached to an aromatic ring is 1. The average molecular weight is 362 g/mol. The number of aromatic nitrogens is 2. The topological polar surface area (TPSA) is 99.2 Å². The molecule has 1 heterocycles. The van der Waals surface area contributed by atoms with Gasteiger partial charge in [0.25, 0.3) is 0 Å². The first-order chi connectivity index (χ1) is 12.1. The maximum absolute atomic E-state index is 11.8. The Hall–Kier alpha value is -2.48. The summed E-state index contributed by atoms with van der Waals surface area (Å²) >= 11 is 1.27. The largest absolute Gasteiger partial charge is 0.466 e. The zero-order valence-corrected chi connectivity index (χ0v) is 14.9. The lowest BCUT2D eigenvalue weighted by Gasteiger charge is -2.05. The van der Waals surface area contributed by atoms with Crippen LogP contribution in [-0.2, 0) is 14.3 Å². The maximum Gasteiger partial charge on any atom is 0.305 e. The predicted molar refractivity (Wildman–Crippen MR) is 97.4 cm³/mol. The molecule has 25 heavy (non-hydrogen) atoms. The highest BCUT2D eigenvalue weighted by Gasteiger charge is 2.11. The number of benzene rings is 1. The predicted octanol–water partition coefficient (Wildman–Crippen LogP) is 1.82. The van der Waals surface area contributed by atoms with Crippen molar-refractivity contribution in [3.63, 3.8) is 0 Å². The van der Waals surface area contributed by atoms with E-state index in [9.17, 15) is 9.59 Å². The first-order valence-corrected chi connectivity index (χ1v) is 9.03. The van der Waals surface area contributed by atoms with E-state index in [1.54, 1.807) is 13.1 Å². The summed E-state index contributed by atoms with van der Waals surface area (Å²) < 4.78 is 6.24. The lowest BCUT2D eigenvalue weighted by molar-refractivity contribution is -0.143. The quantitative estimate of drug-likeness (QED) is 0.305. The van der Waals surface area contributed by atoms with Crippen molar-refractivity contribution in [1.82, 2.24) is 15.0 Å². The summed E-state index contributed by atoms with van der Waals surface area (Å²) in [6, 6.07) is 9.70. The second-order valence-electron chi connectivity index (χ2n) is 5.23. The first kappa shape index (κ1) is 18.9. The molecule has 1 aromatic heterocycles. The number of imidazole rings is 1. The Bertz CT molecular complexity index is 703. The van der Waals surface area contributed by atoms with E-state index in [2.05, 4.69) is 10.3 Å². The zero-order chi connectivity index (χ0) is 18.1. The molecule has 1 amide bonds. The second-order valence-corrected chi connectivity index (χ2v) is 6.17. The monoisotopic (exact) mass is 362 g/mol. The lowest BCUT2D eigenvalue weighted by atomic mass is 10.2. The number of hydrogen-bond acceptors (Lipinski definition) is 6. The van der Waals surface area contributed by atoms with Gasteiger partial charge in [-0.1, -0.05) is 42.1 Å². The van der Waals surface area contributed by atoms with Gasteiger partial charge in [-0.25, -0.2) is 9.66 Å². The fourth-order valence-corrected chi connectivity index (χ4v) is 2.83. The molecule has 0 radical (unpaired) electrons. The Balaban J connectivity index is 1.75. The summed E-state index contributed by atoms with van der Waals surface area (Å²) in [6.45, 7) is 2.57. The fraction of sp³-hybridized carbons (Fsp3) is 0.353. The van der Waals surface area contributed by atoms with Gasteiger partial charge in [-0.05, 0) is 13.3 Å². The van der Waals surface area contributed by atoms with Crippen molar-refractivity contribution in [1.29, 1.82) is 0 Å². The van der Waals surface area contributed by atoms with Crippen LogP contribution in [0.5, 0.6) is 0 Å². The Morgan fingerprint density at radius 3 is 2.80 bits per heavy atom. The molecule has 0 unspecified atom stereocenters. The number of thioether (sulfide) groups is 1. The van der Waals surface area contributed by atoms with E-state index in [1.165, 1.54) is 16.4 Å². The molecule has 2 aromatic rings. The van der Waals surface area contributed by atoms with Crippen molar-refractivity contribution in [2.45, 2.75) is 24.9 Å². The fourth-order valence-electron chi connectivity index (χ4n) is 2.11. The lowest BCUT2D eigenvalue weighted by Crippen LogP contribution is -2.27. The molecule has 0 aliphatic rings. The van der Waals surface area contributed by atoms with Gasteiger partial charge in [0.15, 0.2) is 5.16 Å². The van der Waals surface area contributed by atoms with E-state index in [0.29, 0.717) is 31.1 Å². The highest BCUT2D eigenvalue weighted by Crippen LogP contribution is 2.22. The molecular formula is C17H22N4O3S. The van der Waals surface area contributed by atoms with Gasteiger partial charge in [-0.3, -0.25) is 9.59 Å². The minimum atomic E-state index is -0.246. The molecule has 0 bridgehead atoms.